The van der Waals surface area contributed by atoms with Crippen molar-refractivity contribution < 1.29 is 22.7 Å². The lowest BCUT2D eigenvalue weighted by Gasteiger charge is -2.30. The summed E-state index contributed by atoms with van der Waals surface area (Å²) in [5, 5.41) is 3.24. The maximum Gasteiger partial charge on any atom is 0.425 e. The molecule has 2 aromatic rings. The van der Waals surface area contributed by atoms with Gasteiger partial charge in [0.1, 0.15) is 10.6 Å². The smallest absolute Gasteiger partial charge is 0.425 e. The molecule has 4 nitrogen and oxygen atoms in total. The van der Waals surface area contributed by atoms with Crippen LogP contribution in [0.2, 0.25) is 0 Å². The van der Waals surface area contributed by atoms with Gasteiger partial charge in [-0.25, -0.2) is 0 Å². The number of alkyl halides is 3. The average Bonchev–Trinajstić information content (AvgIpc) is 3.22. The van der Waals surface area contributed by atoms with E-state index >= 15 is 0 Å². The largest absolute Gasteiger partial charge is 0.447 e. The summed E-state index contributed by atoms with van der Waals surface area (Å²) in [6.07, 6.45) is -2.15. The Morgan fingerprint density at radius 2 is 1.93 bits per heavy atom. The Labute approximate surface area is 158 Å². The molecule has 3 heterocycles. The summed E-state index contributed by atoms with van der Waals surface area (Å²) >= 11 is 0.544. The molecule has 2 fully saturated rings. The lowest BCUT2D eigenvalue weighted by atomic mass is 9.96. The van der Waals surface area contributed by atoms with Crippen molar-refractivity contribution in [3.63, 3.8) is 0 Å². The third-order valence-electron chi connectivity index (χ3n) is 5.00. The van der Waals surface area contributed by atoms with Gasteiger partial charge in [0.2, 0.25) is 0 Å². The van der Waals surface area contributed by atoms with Crippen molar-refractivity contribution in [2.24, 2.45) is 5.92 Å². The van der Waals surface area contributed by atoms with E-state index in [9.17, 15) is 18.0 Å². The maximum absolute atomic E-state index is 12.6. The first-order valence-electron chi connectivity index (χ1n) is 8.85. The highest BCUT2D eigenvalue weighted by atomic mass is 32.1. The van der Waals surface area contributed by atoms with Gasteiger partial charge in [0.05, 0.1) is 0 Å². The summed E-state index contributed by atoms with van der Waals surface area (Å²) in [6, 6.07) is 8.89. The van der Waals surface area contributed by atoms with E-state index in [1.807, 2.05) is 0 Å². The van der Waals surface area contributed by atoms with Crippen LogP contribution in [0.5, 0.6) is 10.8 Å². The Hall–Kier alpha value is -2.06. The van der Waals surface area contributed by atoms with Gasteiger partial charge in [-0.2, -0.15) is 13.2 Å². The normalized spacial score (nSPS) is 24.6. The molecule has 1 aromatic heterocycles. The fraction of sp³-hybridized carbons (Fsp3) is 0.421. The molecule has 3 atom stereocenters. The van der Waals surface area contributed by atoms with Crippen LogP contribution in [-0.4, -0.2) is 36.5 Å². The minimum absolute atomic E-state index is 0.135. The highest BCUT2D eigenvalue weighted by Crippen LogP contribution is 2.39. The molecular weight excluding hydrogens is 377 g/mol. The van der Waals surface area contributed by atoms with Crippen LogP contribution < -0.4 is 10.1 Å². The summed E-state index contributed by atoms with van der Waals surface area (Å²) < 4.78 is 43.4. The predicted molar refractivity (Wildman–Crippen MR) is 96.3 cm³/mol. The van der Waals surface area contributed by atoms with Gasteiger partial charge in [-0.15, -0.1) is 0 Å². The molecule has 0 saturated carbocycles. The first kappa shape index (κ1) is 18.3. The van der Waals surface area contributed by atoms with Crippen molar-refractivity contribution in [1.82, 2.24) is 10.2 Å². The number of halogens is 3. The van der Waals surface area contributed by atoms with Crippen molar-refractivity contribution in [2.75, 3.05) is 19.6 Å². The molecule has 144 valence electrons. The third-order valence-corrected chi connectivity index (χ3v) is 6.01. The molecule has 27 heavy (non-hydrogen) atoms. The number of rotatable bonds is 4. The molecule has 2 saturated heterocycles. The molecule has 1 unspecified atom stereocenters. The summed E-state index contributed by atoms with van der Waals surface area (Å²) in [5.41, 5.74) is 0.512. The lowest BCUT2D eigenvalue weighted by Crippen LogP contribution is -2.46. The summed E-state index contributed by atoms with van der Waals surface area (Å²) in [5.74, 6) is 0.931. The number of ether oxygens (including phenoxy) is 1. The van der Waals surface area contributed by atoms with E-state index in [1.54, 1.807) is 24.3 Å². The van der Waals surface area contributed by atoms with Gasteiger partial charge in [-0.3, -0.25) is 4.79 Å². The Kier molecular flexibility index (Phi) is 4.86. The standard InChI is InChI=1S/C19H19F3N2O2S/c20-19(21,22)16-5-6-17(27-16)26-15-3-1-13(2-4-15)18(25)23-14-9-12-7-8-24(10-12)11-14/h1-6,12,14H,7-11H2,(H,23,25)/t12-,14-/m1/s1. The van der Waals surface area contributed by atoms with Gasteiger partial charge in [0, 0.05) is 24.7 Å². The topological polar surface area (TPSA) is 41.6 Å². The molecule has 0 radical (unpaired) electrons. The number of benzene rings is 1. The molecule has 0 aliphatic carbocycles. The molecule has 0 spiro atoms. The molecule has 1 aromatic carbocycles. The van der Waals surface area contributed by atoms with Crippen molar-refractivity contribution in [3.05, 3.63) is 46.8 Å². The zero-order valence-electron chi connectivity index (χ0n) is 14.5. The van der Waals surface area contributed by atoms with Crippen LogP contribution in [0.1, 0.15) is 28.1 Å². The van der Waals surface area contributed by atoms with Gasteiger partial charge in [0.25, 0.3) is 5.91 Å². The average molecular weight is 396 g/mol. The van der Waals surface area contributed by atoms with E-state index in [4.69, 9.17) is 4.74 Å². The highest BCUT2D eigenvalue weighted by Gasteiger charge is 2.33. The molecule has 8 heteroatoms. The Morgan fingerprint density at radius 1 is 1.15 bits per heavy atom. The first-order valence-corrected chi connectivity index (χ1v) is 9.66. The van der Waals surface area contributed by atoms with Crippen molar-refractivity contribution >= 4 is 17.2 Å². The van der Waals surface area contributed by atoms with E-state index in [2.05, 4.69) is 10.2 Å². The SMILES string of the molecule is O=C(N[C@@H]1C[C@H]2CCN(C2)C1)c1ccc(Oc2ccc(C(F)(F)F)s2)cc1. The van der Waals surface area contributed by atoms with Gasteiger partial charge >= 0.3 is 6.18 Å². The van der Waals surface area contributed by atoms with Crippen LogP contribution in [0.3, 0.4) is 0 Å². The Morgan fingerprint density at radius 3 is 2.59 bits per heavy atom. The van der Waals surface area contributed by atoms with Crippen LogP contribution in [0.15, 0.2) is 36.4 Å². The number of hydrogen-bond donors (Lipinski definition) is 1. The van der Waals surface area contributed by atoms with Crippen LogP contribution in [0.25, 0.3) is 0 Å². The minimum Gasteiger partial charge on any atom is -0.447 e. The van der Waals surface area contributed by atoms with Crippen LogP contribution in [0.4, 0.5) is 13.2 Å². The monoisotopic (exact) mass is 396 g/mol. The fourth-order valence-corrected chi connectivity index (χ4v) is 4.49. The third kappa shape index (κ3) is 4.27. The summed E-state index contributed by atoms with van der Waals surface area (Å²) in [6.45, 7) is 3.14. The van der Waals surface area contributed by atoms with Gasteiger partial charge in [-0.1, -0.05) is 11.3 Å². The fourth-order valence-electron chi connectivity index (χ4n) is 3.75. The molecular formula is C19H19F3N2O2S. The number of thiophene rings is 1. The van der Waals surface area contributed by atoms with Crippen molar-refractivity contribution in [3.8, 4) is 10.8 Å². The summed E-state index contributed by atoms with van der Waals surface area (Å²) in [4.78, 5) is 14.1. The van der Waals surface area contributed by atoms with Crippen molar-refractivity contribution in [1.29, 1.82) is 0 Å². The second-order valence-corrected chi connectivity index (χ2v) is 8.11. The van der Waals surface area contributed by atoms with Gasteiger partial charge in [0.15, 0.2) is 5.06 Å². The first-order chi connectivity index (χ1) is 12.9. The Balaban J connectivity index is 1.35. The zero-order valence-corrected chi connectivity index (χ0v) is 15.3. The number of carbonyl (C=O) groups is 1. The lowest BCUT2D eigenvalue weighted by molar-refractivity contribution is -0.134. The number of nitrogens with one attached hydrogen (secondary N) is 1. The quantitative estimate of drug-likeness (QED) is 0.834. The van der Waals surface area contributed by atoms with E-state index in [-0.39, 0.29) is 17.0 Å². The highest BCUT2D eigenvalue weighted by molar-refractivity contribution is 7.13. The molecule has 2 bridgehead atoms. The van der Waals surface area contributed by atoms with Gasteiger partial charge < -0.3 is 15.0 Å². The van der Waals surface area contributed by atoms with Crippen LogP contribution in [0, 0.1) is 5.92 Å². The molecule has 1 N–H and O–H groups in total. The zero-order chi connectivity index (χ0) is 19.0. The second kappa shape index (κ2) is 7.16. The minimum atomic E-state index is -4.37. The Bertz CT molecular complexity index is 807. The molecule has 2 aliphatic heterocycles. The number of amides is 1. The van der Waals surface area contributed by atoms with Crippen LogP contribution >= 0.6 is 11.3 Å². The number of piperidine rings is 1. The number of hydrogen-bond acceptors (Lipinski definition) is 4. The van der Waals surface area contributed by atoms with Crippen molar-refractivity contribution in [2.45, 2.75) is 25.1 Å². The predicted octanol–water partition coefficient (Wildman–Crippen LogP) is 4.38. The van der Waals surface area contributed by atoms with E-state index in [0.717, 1.165) is 32.1 Å². The van der Waals surface area contributed by atoms with E-state index < -0.39 is 11.1 Å². The van der Waals surface area contributed by atoms with Crippen LogP contribution in [-0.2, 0) is 6.18 Å². The molecule has 4 rings (SSSR count). The maximum atomic E-state index is 12.6. The molecule has 2 aliphatic rings. The number of fused-ring (bicyclic) bond motifs is 2. The van der Waals surface area contributed by atoms with Gasteiger partial charge in [-0.05, 0) is 61.7 Å². The van der Waals surface area contributed by atoms with E-state index in [1.165, 1.54) is 12.5 Å². The summed E-state index contributed by atoms with van der Waals surface area (Å²) in [7, 11) is 0. The number of carbonyl (C=O) groups excluding carboxylic acids is 1. The second-order valence-electron chi connectivity index (χ2n) is 7.06. The molecule has 1 amide bonds. The van der Waals surface area contributed by atoms with E-state index in [0.29, 0.717) is 28.6 Å². The number of nitrogens with zero attached hydrogens (tertiary/aromatic N) is 1.